The number of nitrogens with one attached hydrogen (secondary N) is 5. The van der Waals surface area contributed by atoms with Gasteiger partial charge in [-0.15, -0.1) is 0 Å². The maximum Gasteiger partial charge on any atom is 0.408 e. The number of aliphatic imine (C=N–C) groups is 1. The Morgan fingerprint density at radius 3 is 2.14 bits per heavy atom. The monoisotopic (exact) mass is 1010 g/mol. The van der Waals surface area contributed by atoms with Crippen molar-refractivity contribution >= 4 is 51.7 Å². The molecule has 21 nitrogen and oxygen atoms in total. The second-order valence-electron chi connectivity index (χ2n) is 18.4. The van der Waals surface area contributed by atoms with Crippen LogP contribution in [0.25, 0.3) is 0 Å². The van der Waals surface area contributed by atoms with E-state index in [9.17, 15) is 37.2 Å². The first kappa shape index (κ1) is 55.6. The number of nitrogens with zero attached hydrogens (tertiary/aromatic N) is 4. The number of nitrogens with two attached hydrogens (primary N) is 1. The molecule has 5 atom stereocenters. The third-order valence-electron chi connectivity index (χ3n) is 11.1. The normalized spacial score (nSPS) is 15.6. The van der Waals surface area contributed by atoms with E-state index in [4.69, 9.17) is 19.9 Å². The molecule has 1 aliphatic heterocycles. The van der Waals surface area contributed by atoms with Crippen molar-refractivity contribution in [1.82, 2.24) is 40.4 Å². The van der Waals surface area contributed by atoms with Gasteiger partial charge in [-0.05, 0) is 90.5 Å². The Kier molecular flexibility index (Phi) is 20.2. The quantitative estimate of drug-likeness (QED) is 0.0270. The van der Waals surface area contributed by atoms with Crippen molar-refractivity contribution in [2.24, 2.45) is 10.7 Å². The highest BCUT2D eigenvalue weighted by Gasteiger charge is 2.39. The van der Waals surface area contributed by atoms with Gasteiger partial charge < -0.3 is 50.7 Å². The molecule has 0 aliphatic carbocycles. The van der Waals surface area contributed by atoms with Gasteiger partial charge in [-0.2, -0.15) is 0 Å². The van der Waals surface area contributed by atoms with Crippen LogP contribution < -0.4 is 31.7 Å². The second kappa shape index (κ2) is 26.2. The van der Waals surface area contributed by atoms with Crippen molar-refractivity contribution in [2.45, 2.75) is 134 Å². The molecule has 22 heteroatoms. The lowest BCUT2D eigenvalue weighted by Gasteiger charge is -2.30. The lowest BCUT2D eigenvalue weighted by Crippen LogP contribution is -2.58. The number of aryl methyl sites for hydroxylation is 1. The molecule has 0 spiro atoms. The maximum absolute atomic E-state index is 14.3. The highest BCUT2D eigenvalue weighted by Crippen LogP contribution is 2.21. The molecule has 388 valence electrons. The van der Waals surface area contributed by atoms with Crippen molar-refractivity contribution in [2.75, 3.05) is 13.1 Å². The highest BCUT2D eigenvalue weighted by atomic mass is 32.2. The van der Waals surface area contributed by atoms with Crippen LogP contribution in [0.2, 0.25) is 0 Å². The van der Waals surface area contributed by atoms with Crippen LogP contribution in [0.15, 0.2) is 107 Å². The number of likely N-dealkylation sites (tertiary alicyclic amines) is 1. The van der Waals surface area contributed by atoms with Crippen LogP contribution in [-0.2, 0) is 74.6 Å². The Bertz CT molecular complexity index is 2610. The van der Waals surface area contributed by atoms with Gasteiger partial charge in [0.15, 0.2) is 0 Å². The van der Waals surface area contributed by atoms with Gasteiger partial charge in [-0.3, -0.25) is 24.2 Å². The molecular weight excluding hydrogens is 949 g/mol. The van der Waals surface area contributed by atoms with Gasteiger partial charge in [0, 0.05) is 25.7 Å². The minimum absolute atomic E-state index is 0.0175. The summed E-state index contributed by atoms with van der Waals surface area (Å²) in [5.74, 6) is -3.84. The van der Waals surface area contributed by atoms with Crippen molar-refractivity contribution in [3.63, 3.8) is 0 Å². The number of hydrogen-bond acceptors (Lipinski definition) is 13. The minimum atomic E-state index is -4.03. The number of carbonyl (C=O) groups excluding carboxylic acids is 6. The lowest BCUT2D eigenvalue weighted by atomic mass is 10.1. The third-order valence-corrected chi connectivity index (χ3v) is 12.5. The molecule has 0 bridgehead atoms. The van der Waals surface area contributed by atoms with Gasteiger partial charge in [0.1, 0.15) is 49.1 Å². The summed E-state index contributed by atoms with van der Waals surface area (Å²) in [7, 11) is -4.03. The van der Waals surface area contributed by atoms with E-state index >= 15 is 0 Å². The van der Waals surface area contributed by atoms with E-state index in [-0.39, 0.29) is 57.0 Å². The molecule has 72 heavy (non-hydrogen) atoms. The molecule has 3 aromatic carbocycles. The number of ether oxygens (including phenoxy) is 3. The van der Waals surface area contributed by atoms with E-state index in [0.29, 0.717) is 18.7 Å². The molecule has 1 aliphatic rings. The van der Waals surface area contributed by atoms with Crippen LogP contribution in [0.4, 0.5) is 4.79 Å². The summed E-state index contributed by atoms with van der Waals surface area (Å²) in [5, 5.41) is 10.5. The molecule has 1 saturated heterocycles. The smallest absolute Gasteiger partial charge is 0.408 e. The zero-order valence-electron chi connectivity index (χ0n) is 41.5. The van der Waals surface area contributed by atoms with E-state index in [1.54, 1.807) is 74.3 Å². The number of rotatable bonds is 23. The topological polar surface area (TPSA) is 284 Å². The number of amides is 5. The molecule has 7 N–H and O–H groups in total. The van der Waals surface area contributed by atoms with Gasteiger partial charge in [0.25, 0.3) is 10.0 Å². The van der Waals surface area contributed by atoms with Crippen LogP contribution in [0, 0.1) is 6.92 Å². The number of guanidine groups is 1. The predicted octanol–water partition coefficient (Wildman–Crippen LogP) is 3.10. The molecule has 1 aromatic heterocycles. The van der Waals surface area contributed by atoms with Crippen molar-refractivity contribution in [3.05, 3.63) is 120 Å². The van der Waals surface area contributed by atoms with E-state index in [0.717, 1.165) is 16.7 Å². The van der Waals surface area contributed by atoms with Crippen molar-refractivity contribution in [3.8, 4) is 0 Å². The van der Waals surface area contributed by atoms with E-state index in [2.05, 4.69) is 36.0 Å². The molecule has 5 rings (SSSR count). The first-order chi connectivity index (χ1) is 34.2. The predicted molar refractivity (Wildman–Crippen MR) is 266 cm³/mol. The average Bonchev–Trinajstić information content (AvgIpc) is 4.01. The first-order valence-electron chi connectivity index (χ1n) is 23.6. The fourth-order valence-electron chi connectivity index (χ4n) is 7.40. The first-order valence-corrected chi connectivity index (χ1v) is 25.1. The minimum Gasteiger partial charge on any atom is -0.459 e. The largest absolute Gasteiger partial charge is 0.459 e. The fraction of sp³-hybridized carbons (Fsp3) is 0.440. The second-order valence-corrected chi connectivity index (χ2v) is 20.1. The number of esters is 1. The number of imidazole rings is 1. The Labute approximate surface area is 420 Å². The number of aromatic nitrogens is 2. The third kappa shape index (κ3) is 17.8. The Morgan fingerprint density at radius 1 is 0.833 bits per heavy atom. The standard InChI is InChI=1S/C50H66N10O11S/c1-33-21-23-39(24-22-33)72(67,68)58-48(51)52-25-13-19-40(44(62)55-35(3)47(65)70-30-37-17-11-8-12-18-37)56-43(61)34(2)54-45(63)42-20-14-26-60(42)46(64)41(57-49(66)71-50(4,5)6)27-38-28-59(31-53-38)32-69-29-36-15-9-7-10-16-36/h7-12,15-18,21-24,28,31,34-35,40-42H,13-14,19-20,25-27,29-30,32H2,1-6H3,(H,54,63)(H,55,62)(H,56,61)(H,57,66)(H3,51,52,58)/t34-,35-,40+,41-,42+/m1/s1. The van der Waals surface area contributed by atoms with Gasteiger partial charge >= 0.3 is 12.1 Å². The summed E-state index contributed by atoms with van der Waals surface area (Å²) >= 11 is 0. The van der Waals surface area contributed by atoms with Crippen LogP contribution in [-0.4, -0.2) is 113 Å². The fourth-order valence-corrected chi connectivity index (χ4v) is 8.35. The van der Waals surface area contributed by atoms with E-state index in [1.807, 2.05) is 43.3 Å². The zero-order valence-corrected chi connectivity index (χ0v) is 42.3. The molecule has 5 amide bonds. The van der Waals surface area contributed by atoms with E-state index in [1.165, 1.54) is 30.9 Å². The number of hydrogen-bond donors (Lipinski definition) is 6. The average molecular weight is 1020 g/mol. The Hall–Kier alpha value is -7.33. The van der Waals surface area contributed by atoms with Crippen LogP contribution in [0.5, 0.6) is 0 Å². The molecule has 0 saturated carbocycles. The SMILES string of the molecule is Cc1ccc(S(=O)(=O)NC(N)=NCCC[C@H](NC(=O)[C@@H](C)NC(=O)[C@@H]2CCCN2C(=O)[C@@H](Cc2cn(COCc3ccccc3)cn2)NC(=O)OC(C)(C)C)C(=O)N[C@H](C)C(=O)OCc2ccccc2)cc1. The Morgan fingerprint density at radius 2 is 1.49 bits per heavy atom. The summed E-state index contributed by atoms with van der Waals surface area (Å²) in [5.41, 5.74) is 8.09. The molecule has 0 radical (unpaired) electrons. The van der Waals surface area contributed by atoms with Crippen molar-refractivity contribution in [1.29, 1.82) is 0 Å². The van der Waals surface area contributed by atoms with E-state index < -0.39 is 87.5 Å². The lowest BCUT2D eigenvalue weighted by molar-refractivity contribution is -0.148. The van der Waals surface area contributed by atoms with Crippen molar-refractivity contribution < 1.29 is 51.4 Å². The highest BCUT2D eigenvalue weighted by molar-refractivity contribution is 7.90. The summed E-state index contributed by atoms with van der Waals surface area (Å²) in [6.07, 6.45) is 3.13. The number of benzene rings is 3. The number of sulfonamides is 1. The number of carbonyl (C=O) groups is 6. The molecule has 4 aromatic rings. The van der Waals surface area contributed by atoms with Crippen LogP contribution in [0.3, 0.4) is 0 Å². The molecule has 1 fully saturated rings. The van der Waals surface area contributed by atoms with Crippen LogP contribution in [0.1, 0.15) is 82.7 Å². The zero-order chi connectivity index (χ0) is 52.4. The molecular formula is C50H66N10O11S. The molecule has 0 unspecified atom stereocenters. The summed E-state index contributed by atoms with van der Waals surface area (Å²) in [6.45, 7) is 10.3. The summed E-state index contributed by atoms with van der Waals surface area (Å²) in [4.78, 5) is 91.5. The number of alkyl carbamates (subject to hydrolysis) is 1. The van der Waals surface area contributed by atoms with Gasteiger partial charge in [-0.25, -0.2) is 27.7 Å². The van der Waals surface area contributed by atoms with Gasteiger partial charge in [0.05, 0.1) is 23.5 Å². The van der Waals surface area contributed by atoms with Gasteiger partial charge in [-0.1, -0.05) is 78.4 Å². The summed E-state index contributed by atoms with van der Waals surface area (Å²) < 4.78 is 46.2. The maximum atomic E-state index is 14.3. The molecule has 2 heterocycles. The summed E-state index contributed by atoms with van der Waals surface area (Å²) in [6, 6.07) is 18.9. The van der Waals surface area contributed by atoms with Crippen LogP contribution >= 0.6 is 0 Å². The van der Waals surface area contributed by atoms with Gasteiger partial charge in [0.2, 0.25) is 29.6 Å². The Balaban J connectivity index is 1.23.